The van der Waals surface area contributed by atoms with E-state index in [1.54, 1.807) is 0 Å². The molecule has 2 aliphatic rings. The summed E-state index contributed by atoms with van der Waals surface area (Å²) in [6.07, 6.45) is 6.88. The molecule has 1 atom stereocenters. The van der Waals surface area contributed by atoms with Crippen molar-refractivity contribution in [2.45, 2.75) is 50.3 Å². The first-order valence-electron chi connectivity index (χ1n) is 6.74. The van der Waals surface area contributed by atoms with Gasteiger partial charge in [-0.25, -0.2) is 0 Å². The molecule has 0 aromatic rings. The Hall–Kier alpha value is 0.300. The molecule has 0 saturated heterocycles. The van der Waals surface area contributed by atoms with Gasteiger partial charge in [-0.2, -0.15) is 0 Å². The Morgan fingerprint density at radius 2 is 2.06 bits per heavy atom. The Balaban J connectivity index is 1.83. The van der Waals surface area contributed by atoms with Gasteiger partial charge < -0.3 is 4.90 Å². The van der Waals surface area contributed by atoms with E-state index in [-0.39, 0.29) is 0 Å². The SMILES string of the molecule is CCC1CCC(N(C)C2=NCC(CBr)S2)CC1. The molecule has 1 saturated carbocycles. The van der Waals surface area contributed by atoms with Gasteiger partial charge in [-0.1, -0.05) is 41.0 Å². The number of nitrogens with zero attached hydrogens (tertiary/aromatic N) is 2. The minimum Gasteiger partial charge on any atom is -0.352 e. The molecule has 1 heterocycles. The van der Waals surface area contributed by atoms with Crippen molar-refractivity contribution in [2.75, 3.05) is 18.9 Å². The second-order valence-electron chi connectivity index (χ2n) is 5.21. The Morgan fingerprint density at radius 3 is 2.59 bits per heavy atom. The molecule has 2 nitrogen and oxygen atoms in total. The van der Waals surface area contributed by atoms with Crippen molar-refractivity contribution in [2.24, 2.45) is 10.9 Å². The van der Waals surface area contributed by atoms with Crippen LogP contribution in [0.1, 0.15) is 39.0 Å². The highest BCUT2D eigenvalue weighted by Crippen LogP contribution is 2.32. The zero-order valence-electron chi connectivity index (χ0n) is 10.9. The van der Waals surface area contributed by atoms with Gasteiger partial charge in [0.05, 0.1) is 6.54 Å². The second-order valence-corrected chi connectivity index (χ2v) is 7.13. The van der Waals surface area contributed by atoms with Crippen molar-refractivity contribution < 1.29 is 0 Å². The summed E-state index contributed by atoms with van der Waals surface area (Å²) in [4.78, 5) is 7.12. The van der Waals surface area contributed by atoms with Gasteiger partial charge in [0, 0.05) is 23.7 Å². The van der Waals surface area contributed by atoms with E-state index >= 15 is 0 Å². The predicted octanol–water partition coefficient (Wildman–Crippen LogP) is 3.75. The number of halogens is 1. The minimum atomic E-state index is 0.652. The van der Waals surface area contributed by atoms with E-state index in [4.69, 9.17) is 0 Å². The Kier molecular flexibility index (Phi) is 5.22. The van der Waals surface area contributed by atoms with E-state index in [2.05, 4.69) is 39.8 Å². The summed E-state index contributed by atoms with van der Waals surface area (Å²) in [5.41, 5.74) is 0. The van der Waals surface area contributed by atoms with E-state index in [0.29, 0.717) is 5.25 Å². The van der Waals surface area contributed by atoms with Crippen molar-refractivity contribution >= 4 is 32.9 Å². The summed E-state index contributed by atoms with van der Waals surface area (Å²) in [6, 6.07) is 0.734. The van der Waals surface area contributed by atoms with Crippen LogP contribution in [0.5, 0.6) is 0 Å². The fourth-order valence-corrected chi connectivity index (χ4v) is 4.35. The highest BCUT2D eigenvalue weighted by atomic mass is 79.9. The summed E-state index contributed by atoms with van der Waals surface area (Å²) in [6.45, 7) is 3.31. The van der Waals surface area contributed by atoms with Crippen LogP contribution in [0.25, 0.3) is 0 Å². The lowest BCUT2D eigenvalue weighted by molar-refractivity contribution is 0.229. The average Bonchev–Trinajstić information content (AvgIpc) is 2.87. The lowest BCUT2D eigenvalue weighted by Crippen LogP contribution is -2.37. The van der Waals surface area contributed by atoms with Crippen molar-refractivity contribution in [1.29, 1.82) is 0 Å². The molecule has 17 heavy (non-hydrogen) atoms. The molecule has 0 bridgehead atoms. The van der Waals surface area contributed by atoms with E-state index in [1.807, 2.05) is 11.8 Å². The quantitative estimate of drug-likeness (QED) is 0.736. The summed E-state index contributed by atoms with van der Waals surface area (Å²) >= 11 is 5.50. The number of hydrogen-bond donors (Lipinski definition) is 0. The largest absolute Gasteiger partial charge is 0.352 e. The Bertz CT molecular complexity index is 275. The lowest BCUT2D eigenvalue weighted by Gasteiger charge is -2.35. The molecule has 1 unspecified atom stereocenters. The maximum Gasteiger partial charge on any atom is 0.159 e. The molecule has 0 N–H and O–H groups in total. The number of thioether (sulfide) groups is 1. The molecular weight excluding hydrogens is 296 g/mol. The summed E-state index contributed by atoms with van der Waals surface area (Å²) < 4.78 is 0. The van der Waals surface area contributed by atoms with Crippen LogP contribution < -0.4 is 0 Å². The van der Waals surface area contributed by atoms with Gasteiger partial charge in [0.2, 0.25) is 0 Å². The maximum absolute atomic E-state index is 4.68. The number of amidine groups is 1. The fraction of sp³-hybridized carbons (Fsp3) is 0.923. The van der Waals surface area contributed by atoms with E-state index < -0.39 is 0 Å². The van der Waals surface area contributed by atoms with Crippen LogP contribution in [-0.4, -0.2) is 40.3 Å². The first kappa shape index (κ1) is 13.7. The minimum absolute atomic E-state index is 0.652. The summed E-state index contributed by atoms with van der Waals surface area (Å²) in [5.74, 6) is 0.980. The normalized spacial score (nSPS) is 33.6. The molecule has 4 heteroatoms. The summed E-state index contributed by atoms with van der Waals surface area (Å²) in [5, 5.41) is 2.98. The van der Waals surface area contributed by atoms with E-state index in [9.17, 15) is 0 Å². The second kappa shape index (κ2) is 6.46. The van der Waals surface area contributed by atoms with Gasteiger partial charge in [-0.15, -0.1) is 0 Å². The standard InChI is InChI=1S/C13H23BrN2S/c1-3-10-4-6-11(7-5-10)16(2)13-15-9-12(8-14)17-13/h10-12H,3-9H2,1-2H3. The Labute approximate surface area is 118 Å². The maximum atomic E-state index is 4.68. The highest BCUT2D eigenvalue weighted by molar-refractivity contribution is 9.09. The van der Waals surface area contributed by atoms with Crippen molar-refractivity contribution in [3.05, 3.63) is 0 Å². The van der Waals surface area contributed by atoms with Gasteiger partial charge in [0.15, 0.2) is 5.17 Å². The molecule has 2 rings (SSSR count). The van der Waals surface area contributed by atoms with Crippen molar-refractivity contribution in [3.8, 4) is 0 Å². The molecular formula is C13H23BrN2S. The number of alkyl halides is 1. The zero-order valence-corrected chi connectivity index (χ0v) is 13.3. The molecule has 98 valence electrons. The lowest BCUT2D eigenvalue weighted by atomic mass is 9.84. The van der Waals surface area contributed by atoms with Gasteiger partial charge >= 0.3 is 0 Å². The molecule has 1 aliphatic carbocycles. The van der Waals surface area contributed by atoms with Gasteiger partial charge in [-0.05, 0) is 31.6 Å². The topological polar surface area (TPSA) is 15.6 Å². The van der Waals surface area contributed by atoms with Gasteiger partial charge in [0.25, 0.3) is 0 Å². The number of aliphatic imine (C=N–C) groups is 1. The third-order valence-corrected chi connectivity index (χ3v) is 6.60. The highest BCUT2D eigenvalue weighted by Gasteiger charge is 2.28. The number of hydrogen-bond acceptors (Lipinski definition) is 3. The third-order valence-electron chi connectivity index (χ3n) is 4.12. The van der Waals surface area contributed by atoms with Crippen molar-refractivity contribution in [3.63, 3.8) is 0 Å². The fourth-order valence-electron chi connectivity index (χ4n) is 2.78. The van der Waals surface area contributed by atoms with Crippen LogP contribution in [-0.2, 0) is 0 Å². The monoisotopic (exact) mass is 318 g/mol. The molecule has 1 fully saturated rings. The first-order valence-corrected chi connectivity index (χ1v) is 8.74. The predicted molar refractivity (Wildman–Crippen MR) is 81.3 cm³/mol. The molecule has 0 radical (unpaired) electrons. The molecule has 0 aromatic heterocycles. The van der Waals surface area contributed by atoms with Crippen LogP contribution >= 0.6 is 27.7 Å². The van der Waals surface area contributed by atoms with Gasteiger partial charge in [0.1, 0.15) is 0 Å². The van der Waals surface area contributed by atoms with Crippen LogP contribution in [0, 0.1) is 5.92 Å². The Morgan fingerprint density at radius 1 is 1.35 bits per heavy atom. The number of rotatable bonds is 3. The molecule has 1 aliphatic heterocycles. The molecule has 0 aromatic carbocycles. The summed E-state index contributed by atoms with van der Waals surface area (Å²) in [7, 11) is 2.24. The van der Waals surface area contributed by atoms with Crippen molar-refractivity contribution in [1.82, 2.24) is 4.90 Å². The van der Waals surface area contributed by atoms with Crippen LogP contribution in [0.4, 0.5) is 0 Å². The average molecular weight is 319 g/mol. The first-order chi connectivity index (χ1) is 8.24. The van der Waals surface area contributed by atoms with E-state index in [0.717, 1.165) is 23.8 Å². The molecule has 0 spiro atoms. The van der Waals surface area contributed by atoms with Crippen LogP contribution in [0.15, 0.2) is 4.99 Å². The molecule has 0 amide bonds. The zero-order chi connectivity index (χ0) is 12.3. The smallest absolute Gasteiger partial charge is 0.159 e. The third kappa shape index (κ3) is 3.40. The van der Waals surface area contributed by atoms with Crippen LogP contribution in [0.2, 0.25) is 0 Å². The van der Waals surface area contributed by atoms with Crippen LogP contribution in [0.3, 0.4) is 0 Å². The van der Waals surface area contributed by atoms with E-state index in [1.165, 1.54) is 37.3 Å². The van der Waals surface area contributed by atoms with Gasteiger partial charge in [-0.3, -0.25) is 4.99 Å².